The van der Waals surface area contributed by atoms with E-state index in [9.17, 15) is 0 Å². The van der Waals surface area contributed by atoms with E-state index in [2.05, 4.69) is 15.4 Å². The van der Waals surface area contributed by atoms with Crippen molar-refractivity contribution < 1.29 is 4.74 Å². The standard InChI is InChI=1S/C9H14N4OS/c10-13-9(7-5-11-1-2-12-7)8-6-15-4-3-14-8/h1-2,5,8-9,13H,3-4,6,10H2. The maximum absolute atomic E-state index is 5.65. The fourth-order valence-corrected chi connectivity index (χ4v) is 2.45. The van der Waals surface area contributed by atoms with Crippen LogP contribution in [0, 0.1) is 0 Å². The number of hydrogen-bond acceptors (Lipinski definition) is 6. The zero-order valence-electron chi connectivity index (χ0n) is 8.30. The zero-order valence-corrected chi connectivity index (χ0v) is 9.11. The summed E-state index contributed by atoms with van der Waals surface area (Å²) >= 11 is 1.87. The molecule has 2 unspecified atom stereocenters. The lowest BCUT2D eigenvalue weighted by Crippen LogP contribution is -2.41. The molecule has 2 heterocycles. The Morgan fingerprint density at radius 2 is 2.53 bits per heavy atom. The van der Waals surface area contributed by atoms with E-state index in [0.29, 0.717) is 0 Å². The average Bonchev–Trinajstić information content (AvgIpc) is 2.33. The van der Waals surface area contributed by atoms with Crippen LogP contribution in [0.15, 0.2) is 18.6 Å². The van der Waals surface area contributed by atoms with Gasteiger partial charge in [-0.3, -0.25) is 15.8 Å². The highest BCUT2D eigenvalue weighted by Crippen LogP contribution is 2.23. The molecular formula is C9H14N4OS. The SMILES string of the molecule is NNC(c1cnccn1)C1CSCCO1. The highest BCUT2D eigenvalue weighted by molar-refractivity contribution is 7.99. The fraction of sp³-hybridized carbons (Fsp3) is 0.556. The lowest BCUT2D eigenvalue weighted by Gasteiger charge is -2.28. The van der Waals surface area contributed by atoms with Gasteiger partial charge in [0.15, 0.2) is 0 Å². The van der Waals surface area contributed by atoms with E-state index >= 15 is 0 Å². The van der Waals surface area contributed by atoms with E-state index in [-0.39, 0.29) is 12.1 Å². The van der Waals surface area contributed by atoms with E-state index in [1.807, 2.05) is 11.8 Å². The Morgan fingerprint density at radius 1 is 1.60 bits per heavy atom. The van der Waals surface area contributed by atoms with Crippen LogP contribution in [0.5, 0.6) is 0 Å². The number of nitrogens with zero attached hydrogens (tertiary/aromatic N) is 2. The normalized spacial score (nSPS) is 23.7. The number of ether oxygens (including phenoxy) is 1. The number of nitrogens with one attached hydrogen (secondary N) is 1. The van der Waals surface area contributed by atoms with Crippen LogP contribution in [0.3, 0.4) is 0 Å². The van der Waals surface area contributed by atoms with Crippen LogP contribution in [0.25, 0.3) is 0 Å². The van der Waals surface area contributed by atoms with Gasteiger partial charge in [-0.25, -0.2) is 5.43 Å². The van der Waals surface area contributed by atoms with Gasteiger partial charge < -0.3 is 4.74 Å². The summed E-state index contributed by atoms with van der Waals surface area (Å²) in [5, 5.41) is 0. The molecule has 82 valence electrons. The van der Waals surface area contributed by atoms with Gasteiger partial charge in [-0.05, 0) is 0 Å². The number of aromatic nitrogens is 2. The Kier molecular flexibility index (Phi) is 3.90. The Balaban J connectivity index is 2.09. The topological polar surface area (TPSA) is 73.1 Å². The quantitative estimate of drug-likeness (QED) is 0.563. The molecule has 2 atom stereocenters. The molecule has 1 fully saturated rings. The van der Waals surface area contributed by atoms with Crippen molar-refractivity contribution in [1.82, 2.24) is 15.4 Å². The summed E-state index contributed by atoms with van der Waals surface area (Å²) in [6.07, 6.45) is 5.10. The summed E-state index contributed by atoms with van der Waals surface area (Å²) in [5.41, 5.74) is 3.57. The molecule has 2 rings (SSSR count). The first-order chi connectivity index (χ1) is 7.42. The summed E-state index contributed by atoms with van der Waals surface area (Å²) in [7, 11) is 0. The Bertz CT molecular complexity index is 291. The summed E-state index contributed by atoms with van der Waals surface area (Å²) in [5.74, 6) is 7.51. The monoisotopic (exact) mass is 226 g/mol. The van der Waals surface area contributed by atoms with Gasteiger partial charge in [0.05, 0.1) is 30.6 Å². The van der Waals surface area contributed by atoms with E-state index in [1.54, 1.807) is 18.6 Å². The minimum absolute atomic E-state index is 0.0745. The number of hydrazine groups is 1. The molecule has 1 aliphatic heterocycles. The number of rotatable bonds is 3. The zero-order chi connectivity index (χ0) is 10.5. The van der Waals surface area contributed by atoms with Crippen LogP contribution < -0.4 is 11.3 Å². The molecule has 0 spiro atoms. The lowest BCUT2D eigenvalue weighted by atomic mass is 10.1. The number of hydrogen-bond donors (Lipinski definition) is 2. The van der Waals surface area contributed by atoms with Crippen LogP contribution in [0.2, 0.25) is 0 Å². The van der Waals surface area contributed by atoms with Crippen molar-refractivity contribution in [2.45, 2.75) is 12.1 Å². The van der Waals surface area contributed by atoms with Gasteiger partial charge >= 0.3 is 0 Å². The summed E-state index contributed by atoms with van der Waals surface area (Å²) < 4.78 is 5.65. The molecule has 3 N–H and O–H groups in total. The van der Waals surface area contributed by atoms with Gasteiger partial charge in [-0.15, -0.1) is 0 Å². The van der Waals surface area contributed by atoms with Gasteiger partial charge in [0.1, 0.15) is 0 Å². The molecule has 0 radical (unpaired) electrons. The molecule has 1 saturated heterocycles. The third kappa shape index (κ3) is 2.66. The molecular weight excluding hydrogens is 212 g/mol. The molecule has 15 heavy (non-hydrogen) atoms. The molecule has 5 nitrogen and oxygen atoms in total. The van der Waals surface area contributed by atoms with Crippen molar-refractivity contribution in [1.29, 1.82) is 0 Å². The molecule has 6 heteroatoms. The number of nitrogens with two attached hydrogens (primary N) is 1. The first kappa shape index (κ1) is 10.8. The second-order valence-corrected chi connectivity index (χ2v) is 4.41. The molecule has 0 aromatic carbocycles. The Morgan fingerprint density at radius 3 is 3.13 bits per heavy atom. The first-order valence-corrected chi connectivity index (χ1v) is 5.98. The van der Waals surface area contributed by atoms with Crippen LogP contribution in [-0.4, -0.2) is 34.2 Å². The van der Waals surface area contributed by atoms with Crippen molar-refractivity contribution in [3.8, 4) is 0 Å². The maximum Gasteiger partial charge on any atom is 0.0917 e. The average molecular weight is 226 g/mol. The van der Waals surface area contributed by atoms with Crippen molar-refractivity contribution >= 4 is 11.8 Å². The highest BCUT2D eigenvalue weighted by atomic mass is 32.2. The van der Waals surface area contributed by atoms with Crippen molar-refractivity contribution in [2.75, 3.05) is 18.1 Å². The Labute approximate surface area is 92.8 Å². The third-order valence-electron chi connectivity index (χ3n) is 2.29. The van der Waals surface area contributed by atoms with Gasteiger partial charge in [-0.1, -0.05) is 0 Å². The second-order valence-electron chi connectivity index (χ2n) is 3.26. The smallest absolute Gasteiger partial charge is 0.0917 e. The largest absolute Gasteiger partial charge is 0.374 e. The number of thioether (sulfide) groups is 1. The fourth-order valence-electron chi connectivity index (χ4n) is 1.55. The highest BCUT2D eigenvalue weighted by Gasteiger charge is 2.26. The van der Waals surface area contributed by atoms with Crippen LogP contribution >= 0.6 is 11.8 Å². The van der Waals surface area contributed by atoms with E-state index < -0.39 is 0 Å². The van der Waals surface area contributed by atoms with Crippen LogP contribution in [0.1, 0.15) is 11.7 Å². The molecule has 1 aliphatic rings. The second kappa shape index (κ2) is 5.41. The molecule has 0 aliphatic carbocycles. The lowest BCUT2D eigenvalue weighted by molar-refractivity contribution is 0.0456. The van der Waals surface area contributed by atoms with Crippen molar-refractivity contribution in [3.63, 3.8) is 0 Å². The first-order valence-electron chi connectivity index (χ1n) is 4.83. The summed E-state index contributed by atoms with van der Waals surface area (Å²) in [4.78, 5) is 8.26. The minimum atomic E-state index is -0.0773. The molecule has 1 aromatic rings. The summed E-state index contributed by atoms with van der Waals surface area (Å²) in [6, 6.07) is -0.0773. The van der Waals surface area contributed by atoms with Crippen LogP contribution in [0.4, 0.5) is 0 Å². The molecule has 1 aromatic heterocycles. The van der Waals surface area contributed by atoms with Gasteiger partial charge in [0.25, 0.3) is 0 Å². The summed E-state index contributed by atoms with van der Waals surface area (Å²) in [6.45, 7) is 0.772. The molecule has 0 amide bonds. The minimum Gasteiger partial charge on any atom is -0.374 e. The third-order valence-corrected chi connectivity index (χ3v) is 3.31. The van der Waals surface area contributed by atoms with E-state index in [0.717, 1.165) is 23.8 Å². The molecule has 0 saturated carbocycles. The maximum atomic E-state index is 5.65. The predicted molar refractivity (Wildman–Crippen MR) is 59.2 cm³/mol. The van der Waals surface area contributed by atoms with E-state index in [1.165, 1.54) is 0 Å². The van der Waals surface area contributed by atoms with Crippen molar-refractivity contribution in [2.24, 2.45) is 5.84 Å². The van der Waals surface area contributed by atoms with Gasteiger partial charge in [-0.2, -0.15) is 11.8 Å². The molecule has 0 bridgehead atoms. The van der Waals surface area contributed by atoms with Crippen molar-refractivity contribution in [3.05, 3.63) is 24.3 Å². The van der Waals surface area contributed by atoms with Gasteiger partial charge in [0.2, 0.25) is 0 Å². The van der Waals surface area contributed by atoms with E-state index in [4.69, 9.17) is 10.6 Å². The van der Waals surface area contributed by atoms with Crippen LogP contribution in [-0.2, 0) is 4.74 Å². The predicted octanol–water partition coefficient (Wildman–Crippen LogP) is 0.113. The van der Waals surface area contributed by atoms with Gasteiger partial charge in [0, 0.05) is 23.9 Å². The Hall–Kier alpha value is -0.690.